The van der Waals surface area contributed by atoms with Crippen molar-refractivity contribution in [2.75, 3.05) is 6.61 Å². The van der Waals surface area contributed by atoms with Gasteiger partial charge in [-0.15, -0.1) is 0 Å². The molecule has 14 heavy (non-hydrogen) atoms. The highest BCUT2D eigenvalue weighted by Crippen LogP contribution is 2.20. The normalized spacial score (nSPS) is 15.9. The molecule has 2 heterocycles. The summed E-state index contributed by atoms with van der Waals surface area (Å²) in [6.07, 6.45) is 3.85. The van der Waals surface area contributed by atoms with Crippen molar-refractivity contribution in [3.8, 4) is 0 Å². The molecule has 1 aliphatic rings. The third kappa shape index (κ3) is 1.73. The van der Waals surface area contributed by atoms with E-state index in [1.807, 2.05) is 23.8 Å². The van der Waals surface area contributed by atoms with Crippen LogP contribution < -0.4 is 0 Å². The van der Waals surface area contributed by atoms with Gasteiger partial charge < -0.3 is 4.74 Å². The van der Waals surface area contributed by atoms with Crippen LogP contribution in [0.1, 0.15) is 28.8 Å². The summed E-state index contributed by atoms with van der Waals surface area (Å²) in [6.45, 7) is 2.62. The number of hydrogen-bond donors (Lipinski definition) is 0. The first kappa shape index (κ1) is 9.46. The van der Waals surface area contributed by atoms with E-state index in [1.54, 1.807) is 11.3 Å². The van der Waals surface area contributed by atoms with Crippen LogP contribution in [0.5, 0.6) is 0 Å². The monoisotopic (exact) mass is 208 g/mol. The van der Waals surface area contributed by atoms with E-state index in [4.69, 9.17) is 4.74 Å². The number of carbonyl (C=O) groups is 1. The number of ketones is 1. The van der Waals surface area contributed by atoms with Crippen molar-refractivity contribution in [2.24, 2.45) is 0 Å². The maximum atomic E-state index is 11.9. The van der Waals surface area contributed by atoms with Crippen LogP contribution >= 0.6 is 11.3 Å². The number of Topliss-reactive ketones (excluding diaryl/α,β-unsaturated/α-hetero) is 1. The molecule has 1 aromatic heterocycles. The summed E-state index contributed by atoms with van der Waals surface area (Å²) >= 11 is 1.55. The van der Waals surface area contributed by atoms with Crippen LogP contribution in [0, 0.1) is 6.92 Å². The summed E-state index contributed by atoms with van der Waals surface area (Å²) in [5.74, 6) is 0.557. The number of allylic oxidation sites excluding steroid dienone is 2. The van der Waals surface area contributed by atoms with Crippen LogP contribution in [-0.2, 0) is 4.74 Å². The Hall–Kier alpha value is -1.09. The molecule has 0 aliphatic carbocycles. The summed E-state index contributed by atoms with van der Waals surface area (Å²) < 4.78 is 5.33. The van der Waals surface area contributed by atoms with E-state index < -0.39 is 0 Å². The van der Waals surface area contributed by atoms with Gasteiger partial charge >= 0.3 is 0 Å². The second-order valence-electron chi connectivity index (χ2n) is 3.36. The van der Waals surface area contributed by atoms with Crippen LogP contribution in [0.25, 0.3) is 0 Å². The smallest absolute Gasteiger partial charge is 0.228 e. The van der Waals surface area contributed by atoms with E-state index in [1.165, 1.54) is 0 Å². The number of ether oxygens (including phenoxy) is 1. The Morgan fingerprint density at radius 2 is 2.36 bits per heavy atom. The molecule has 1 aromatic rings. The van der Waals surface area contributed by atoms with Crippen molar-refractivity contribution in [3.05, 3.63) is 33.7 Å². The minimum absolute atomic E-state index is 0.0310. The fourth-order valence-corrected chi connectivity index (χ4v) is 2.27. The van der Waals surface area contributed by atoms with E-state index in [0.29, 0.717) is 12.4 Å². The third-order valence-corrected chi connectivity index (χ3v) is 3.12. The van der Waals surface area contributed by atoms with Gasteiger partial charge in [-0.1, -0.05) is 0 Å². The zero-order valence-corrected chi connectivity index (χ0v) is 8.89. The van der Waals surface area contributed by atoms with Gasteiger partial charge in [-0.05, 0) is 36.8 Å². The predicted octanol–water partition coefficient (Wildman–Crippen LogP) is 2.93. The average Bonchev–Trinajstić information content (AvgIpc) is 2.65. The van der Waals surface area contributed by atoms with E-state index in [2.05, 4.69) is 0 Å². The van der Waals surface area contributed by atoms with Crippen LogP contribution in [0.15, 0.2) is 22.6 Å². The van der Waals surface area contributed by atoms with Crippen LogP contribution in [0.4, 0.5) is 0 Å². The van der Waals surface area contributed by atoms with Gasteiger partial charge in [0.15, 0.2) is 5.76 Å². The largest absolute Gasteiger partial charge is 0.490 e. The molecule has 0 bridgehead atoms. The molecule has 0 spiro atoms. The van der Waals surface area contributed by atoms with E-state index in [0.717, 1.165) is 24.0 Å². The number of thiophene rings is 1. The average molecular weight is 208 g/mol. The van der Waals surface area contributed by atoms with Gasteiger partial charge in [0.1, 0.15) is 0 Å². The first-order valence-corrected chi connectivity index (χ1v) is 5.64. The van der Waals surface area contributed by atoms with Gasteiger partial charge in [-0.2, -0.15) is 11.3 Å². The highest BCUT2D eigenvalue weighted by molar-refractivity contribution is 7.08. The second-order valence-corrected chi connectivity index (χ2v) is 4.10. The maximum absolute atomic E-state index is 11.9. The van der Waals surface area contributed by atoms with Gasteiger partial charge in [-0.25, -0.2) is 0 Å². The fourth-order valence-electron chi connectivity index (χ4n) is 1.44. The van der Waals surface area contributed by atoms with Crippen molar-refractivity contribution in [1.29, 1.82) is 0 Å². The van der Waals surface area contributed by atoms with Crippen LogP contribution in [0.2, 0.25) is 0 Å². The Kier molecular flexibility index (Phi) is 2.68. The predicted molar refractivity (Wildman–Crippen MR) is 56.7 cm³/mol. The molecule has 0 N–H and O–H groups in total. The molecular weight excluding hydrogens is 196 g/mol. The van der Waals surface area contributed by atoms with Crippen molar-refractivity contribution < 1.29 is 9.53 Å². The van der Waals surface area contributed by atoms with Gasteiger partial charge in [0.2, 0.25) is 5.78 Å². The lowest BCUT2D eigenvalue weighted by atomic mass is 10.1. The zero-order valence-electron chi connectivity index (χ0n) is 8.08. The SMILES string of the molecule is Cc1cscc1C(=O)C1=CCCCO1. The lowest BCUT2D eigenvalue weighted by Gasteiger charge is -2.13. The molecule has 0 atom stereocenters. The van der Waals surface area contributed by atoms with Crippen molar-refractivity contribution in [1.82, 2.24) is 0 Å². The Morgan fingerprint density at radius 1 is 1.50 bits per heavy atom. The summed E-state index contributed by atoms with van der Waals surface area (Å²) in [5.41, 5.74) is 1.82. The lowest BCUT2D eigenvalue weighted by molar-refractivity contribution is 0.0899. The Labute approximate surface area is 87.2 Å². The molecule has 1 aliphatic heterocycles. The quantitative estimate of drug-likeness (QED) is 0.698. The Balaban J connectivity index is 2.23. The summed E-state index contributed by atoms with van der Waals surface area (Å²) in [4.78, 5) is 11.9. The molecule has 0 amide bonds. The van der Waals surface area contributed by atoms with E-state index in [9.17, 15) is 4.79 Å². The molecule has 0 radical (unpaired) electrons. The van der Waals surface area contributed by atoms with Crippen molar-refractivity contribution in [3.63, 3.8) is 0 Å². The first-order chi connectivity index (χ1) is 6.79. The van der Waals surface area contributed by atoms with Gasteiger partial charge in [0.05, 0.1) is 6.61 Å². The zero-order chi connectivity index (χ0) is 9.97. The van der Waals surface area contributed by atoms with Gasteiger partial charge in [0.25, 0.3) is 0 Å². The summed E-state index contributed by atoms with van der Waals surface area (Å²) in [5, 5.41) is 3.87. The topological polar surface area (TPSA) is 26.3 Å². The number of aryl methyl sites for hydroxylation is 1. The third-order valence-electron chi connectivity index (χ3n) is 2.26. The molecule has 3 heteroatoms. The minimum Gasteiger partial charge on any atom is -0.490 e. The molecule has 74 valence electrons. The maximum Gasteiger partial charge on any atom is 0.228 e. The molecule has 0 fully saturated rings. The van der Waals surface area contributed by atoms with Gasteiger partial charge in [-0.3, -0.25) is 4.79 Å². The molecule has 2 nitrogen and oxygen atoms in total. The lowest BCUT2D eigenvalue weighted by Crippen LogP contribution is -2.11. The summed E-state index contributed by atoms with van der Waals surface area (Å²) in [6, 6.07) is 0. The number of hydrogen-bond acceptors (Lipinski definition) is 3. The second kappa shape index (κ2) is 3.96. The van der Waals surface area contributed by atoms with Gasteiger partial charge in [0, 0.05) is 10.9 Å². The molecule has 0 saturated carbocycles. The van der Waals surface area contributed by atoms with Crippen LogP contribution in [0.3, 0.4) is 0 Å². The number of carbonyl (C=O) groups excluding carboxylic acids is 1. The highest BCUT2D eigenvalue weighted by Gasteiger charge is 2.17. The molecule has 2 rings (SSSR count). The van der Waals surface area contributed by atoms with E-state index >= 15 is 0 Å². The molecule has 0 aromatic carbocycles. The van der Waals surface area contributed by atoms with Crippen molar-refractivity contribution in [2.45, 2.75) is 19.8 Å². The molecular formula is C11H12O2S. The fraction of sp³-hybridized carbons (Fsp3) is 0.364. The van der Waals surface area contributed by atoms with E-state index in [-0.39, 0.29) is 5.78 Å². The summed E-state index contributed by atoms with van der Waals surface area (Å²) in [7, 11) is 0. The minimum atomic E-state index is 0.0310. The Bertz CT molecular complexity index is 376. The first-order valence-electron chi connectivity index (χ1n) is 4.69. The molecule has 0 unspecified atom stereocenters. The highest BCUT2D eigenvalue weighted by atomic mass is 32.1. The number of rotatable bonds is 2. The Morgan fingerprint density at radius 3 is 2.93 bits per heavy atom. The van der Waals surface area contributed by atoms with Crippen LogP contribution in [-0.4, -0.2) is 12.4 Å². The van der Waals surface area contributed by atoms with Crippen molar-refractivity contribution >= 4 is 17.1 Å². The molecule has 0 saturated heterocycles. The standard InChI is InChI=1S/C11H12O2S/c1-8-6-14-7-9(8)11(12)10-4-2-3-5-13-10/h4,6-7H,2-3,5H2,1H3.